The summed E-state index contributed by atoms with van der Waals surface area (Å²) in [7, 11) is 0. The fourth-order valence-corrected chi connectivity index (χ4v) is 2.03. The van der Waals surface area contributed by atoms with Gasteiger partial charge < -0.3 is 9.64 Å². The Morgan fingerprint density at radius 2 is 2.38 bits per heavy atom. The molecule has 0 amide bonds. The molecule has 0 saturated carbocycles. The predicted molar refractivity (Wildman–Crippen MR) is 60.6 cm³/mol. The van der Waals surface area contributed by atoms with Crippen LogP contribution in [0.5, 0.6) is 0 Å². The van der Waals surface area contributed by atoms with E-state index in [2.05, 4.69) is 21.9 Å². The van der Waals surface area contributed by atoms with Crippen LogP contribution in [0.3, 0.4) is 0 Å². The molecule has 2 aromatic heterocycles. The lowest BCUT2D eigenvalue weighted by molar-refractivity contribution is 0.0984. The number of aromatic nitrogens is 3. The minimum atomic E-state index is 0.377. The van der Waals surface area contributed by atoms with Crippen LogP contribution in [0.15, 0.2) is 24.7 Å². The Morgan fingerprint density at radius 3 is 3.25 bits per heavy atom. The molecule has 0 spiro atoms. The number of anilines is 1. The number of fused-ring (bicyclic) bond motifs is 1. The predicted octanol–water partition coefficient (Wildman–Crippen LogP) is 0.954. The Labute approximate surface area is 93.6 Å². The standard InChI is InChI=1S/C11H14N4O/c1-9-7-16-5-4-14(9)11-3-2-10-6-12-8-15(10)13-11/h2-3,6,8-9H,4-5,7H2,1H3. The van der Waals surface area contributed by atoms with E-state index in [1.807, 2.05) is 12.1 Å². The molecular formula is C11H14N4O. The van der Waals surface area contributed by atoms with Gasteiger partial charge in [-0.3, -0.25) is 0 Å². The van der Waals surface area contributed by atoms with Crippen LogP contribution >= 0.6 is 0 Å². The van der Waals surface area contributed by atoms with Crippen molar-refractivity contribution in [2.45, 2.75) is 13.0 Å². The highest BCUT2D eigenvalue weighted by Crippen LogP contribution is 2.17. The van der Waals surface area contributed by atoms with Gasteiger partial charge in [-0.2, -0.15) is 0 Å². The van der Waals surface area contributed by atoms with E-state index < -0.39 is 0 Å². The minimum Gasteiger partial charge on any atom is -0.377 e. The van der Waals surface area contributed by atoms with Gasteiger partial charge in [0.05, 0.1) is 31.0 Å². The molecule has 1 unspecified atom stereocenters. The van der Waals surface area contributed by atoms with Crippen LogP contribution < -0.4 is 4.90 Å². The summed E-state index contributed by atoms with van der Waals surface area (Å²) in [6.45, 7) is 4.59. The van der Waals surface area contributed by atoms with Crippen molar-refractivity contribution in [1.29, 1.82) is 0 Å². The van der Waals surface area contributed by atoms with Gasteiger partial charge in [-0.1, -0.05) is 0 Å². The molecule has 0 N–H and O–H groups in total. The van der Waals surface area contributed by atoms with Crippen LogP contribution in [-0.2, 0) is 4.74 Å². The van der Waals surface area contributed by atoms with Gasteiger partial charge in [0.25, 0.3) is 0 Å². The summed E-state index contributed by atoms with van der Waals surface area (Å²) in [6, 6.07) is 4.46. The topological polar surface area (TPSA) is 42.7 Å². The molecule has 0 radical (unpaired) electrons. The van der Waals surface area contributed by atoms with Gasteiger partial charge in [0.1, 0.15) is 12.1 Å². The highest BCUT2D eigenvalue weighted by molar-refractivity contribution is 5.49. The molecule has 5 heteroatoms. The van der Waals surface area contributed by atoms with Gasteiger partial charge in [0.2, 0.25) is 0 Å². The number of morpholine rings is 1. The number of ether oxygens (including phenoxy) is 1. The maximum atomic E-state index is 5.42. The average Bonchev–Trinajstić information content (AvgIpc) is 2.76. The zero-order chi connectivity index (χ0) is 11.0. The Hall–Kier alpha value is -1.62. The van der Waals surface area contributed by atoms with Crippen molar-refractivity contribution in [3.63, 3.8) is 0 Å². The van der Waals surface area contributed by atoms with E-state index >= 15 is 0 Å². The van der Waals surface area contributed by atoms with Crippen molar-refractivity contribution >= 4 is 11.3 Å². The highest BCUT2D eigenvalue weighted by Gasteiger charge is 2.20. The van der Waals surface area contributed by atoms with Crippen molar-refractivity contribution in [2.75, 3.05) is 24.7 Å². The van der Waals surface area contributed by atoms with E-state index in [9.17, 15) is 0 Å². The van der Waals surface area contributed by atoms with E-state index in [0.717, 1.165) is 31.1 Å². The monoisotopic (exact) mass is 218 g/mol. The van der Waals surface area contributed by atoms with Crippen molar-refractivity contribution in [3.05, 3.63) is 24.7 Å². The van der Waals surface area contributed by atoms with Crippen LogP contribution in [0, 0.1) is 0 Å². The number of imidazole rings is 1. The van der Waals surface area contributed by atoms with Crippen LogP contribution in [0.1, 0.15) is 6.92 Å². The van der Waals surface area contributed by atoms with Crippen LogP contribution in [0.25, 0.3) is 5.52 Å². The van der Waals surface area contributed by atoms with E-state index in [-0.39, 0.29) is 0 Å². The van der Waals surface area contributed by atoms with Crippen molar-refractivity contribution < 1.29 is 4.74 Å². The van der Waals surface area contributed by atoms with E-state index in [1.54, 1.807) is 17.0 Å². The second-order valence-corrected chi connectivity index (χ2v) is 4.07. The fourth-order valence-electron chi connectivity index (χ4n) is 2.03. The first-order valence-electron chi connectivity index (χ1n) is 5.48. The second kappa shape index (κ2) is 3.75. The Balaban J connectivity index is 1.97. The molecule has 0 aromatic carbocycles. The summed E-state index contributed by atoms with van der Waals surface area (Å²) >= 11 is 0. The first kappa shape index (κ1) is 9.59. The summed E-state index contributed by atoms with van der Waals surface area (Å²) in [5, 5.41) is 4.53. The quantitative estimate of drug-likeness (QED) is 0.715. The molecule has 2 aromatic rings. The van der Waals surface area contributed by atoms with Crippen LogP contribution in [0.2, 0.25) is 0 Å². The molecule has 1 fully saturated rings. The van der Waals surface area contributed by atoms with Gasteiger partial charge in [-0.05, 0) is 19.1 Å². The van der Waals surface area contributed by atoms with Crippen molar-refractivity contribution in [2.24, 2.45) is 0 Å². The Morgan fingerprint density at radius 1 is 1.44 bits per heavy atom. The third kappa shape index (κ3) is 1.53. The summed E-state index contributed by atoms with van der Waals surface area (Å²) in [5.41, 5.74) is 1.02. The summed E-state index contributed by atoms with van der Waals surface area (Å²) in [4.78, 5) is 6.33. The lowest BCUT2D eigenvalue weighted by Crippen LogP contribution is -2.44. The van der Waals surface area contributed by atoms with E-state index in [0.29, 0.717) is 6.04 Å². The lowest BCUT2D eigenvalue weighted by Gasteiger charge is -2.34. The SMILES string of the molecule is CC1COCCN1c1ccc2cncn2n1. The van der Waals surface area contributed by atoms with Gasteiger partial charge in [0, 0.05) is 6.54 Å². The molecule has 84 valence electrons. The Kier molecular flexibility index (Phi) is 2.25. The second-order valence-electron chi connectivity index (χ2n) is 4.07. The number of hydrogen-bond acceptors (Lipinski definition) is 4. The molecular weight excluding hydrogens is 204 g/mol. The van der Waals surface area contributed by atoms with Gasteiger partial charge in [-0.15, -0.1) is 5.10 Å². The Bertz CT molecular complexity index is 495. The maximum absolute atomic E-state index is 5.42. The molecule has 1 aliphatic heterocycles. The molecule has 1 saturated heterocycles. The number of rotatable bonds is 1. The average molecular weight is 218 g/mol. The van der Waals surface area contributed by atoms with Crippen molar-refractivity contribution in [1.82, 2.24) is 14.6 Å². The molecule has 0 bridgehead atoms. The van der Waals surface area contributed by atoms with E-state index in [4.69, 9.17) is 4.74 Å². The molecule has 1 aliphatic rings. The third-order valence-corrected chi connectivity index (χ3v) is 2.92. The summed E-state index contributed by atoms with van der Waals surface area (Å²) in [5.74, 6) is 0.987. The summed E-state index contributed by atoms with van der Waals surface area (Å²) in [6.07, 6.45) is 3.53. The minimum absolute atomic E-state index is 0.377. The number of hydrogen-bond donors (Lipinski definition) is 0. The molecule has 3 heterocycles. The molecule has 5 nitrogen and oxygen atoms in total. The first-order chi connectivity index (χ1) is 7.84. The molecule has 16 heavy (non-hydrogen) atoms. The zero-order valence-electron chi connectivity index (χ0n) is 9.21. The van der Waals surface area contributed by atoms with Gasteiger partial charge >= 0.3 is 0 Å². The zero-order valence-corrected chi connectivity index (χ0v) is 9.21. The maximum Gasteiger partial charge on any atom is 0.150 e. The molecule has 1 atom stereocenters. The third-order valence-electron chi connectivity index (χ3n) is 2.92. The number of nitrogens with zero attached hydrogens (tertiary/aromatic N) is 4. The van der Waals surface area contributed by atoms with Crippen LogP contribution in [0.4, 0.5) is 5.82 Å². The van der Waals surface area contributed by atoms with Crippen LogP contribution in [-0.4, -0.2) is 40.4 Å². The molecule has 0 aliphatic carbocycles. The lowest BCUT2D eigenvalue weighted by atomic mass is 10.2. The smallest absolute Gasteiger partial charge is 0.150 e. The largest absolute Gasteiger partial charge is 0.377 e. The molecule has 3 rings (SSSR count). The normalized spacial score (nSPS) is 21.6. The van der Waals surface area contributed by atoms with Gasteiger partial charge in [0.15, 0.2) is 0 Å². The van der Waals surface area contributed by atoms with E-state index in [1.165, 1.54) is 0 Å². The van der Waals surface area contributed by atoms with Crippen molar-refractivity contribution in [3.8, 4) is 0 Å². The fraction of sp³-hybridized carbons (Fsp3) is 0.455. The summed E-state index contributed by atoms with van der Waals surface area (Å²) < 4.78 is 7.22. The first-order valence-corrected chi connectivity index (χ1v) is 5.48. The van der Waals surface area contributed by atoms with Gasteiger partial charge in [-0.25, -0.2) is 9.50 Å². The highest BCUT2D eigenvalue weighted by atomic mass is 16.5.